The van der Waals surface area contributed by atoms with Gasteiger partial charge in [0.2, 0.25) is 0 Å². The summed E-state index contributed by atoms with van der Waals surface area (Å²) in [4.78, 5) is 23.7. The lowest BCUT2D eigenvalue weighted by Gasteiger charge is -2.23. The Balaban J connectivity index is 2.57. The van der Waals surface area contributed by atoms with Gasteiger partial charge in [-0.2, -0.15) is 0 Å². The summed E-state index contributed by atoms with van der Waals surface area (Å²) in [7, 11) is 0. The number of alkyl carbamates (subject to hydrolysis) is 1. The zero-order valence-electron chi connectivity index (χ0n) is 13.3. The molecule has 1 aromatic carbocycles. The monoisotopic (exact) mass is 291 g/mol. The molecule has 0 bridgehead atoms. The van der Waals surface area contributed by atoms with Crippen LogP contribution in [-0.4, -0.2) is 18.0 Å². The number of rotatable bonds is 7. The Morgan fingerprint density at radius 3 is 2.29 bits per heavy atom. The number of hydrogen-bond donors (Lipinski definition) is 1. The van der Waals surface area contributed by atoms with Crippen molar-refractivity contribution < 1.29 is 14.3 Å². The highest BCUT2D eigenvalue weighted by atomic mass is 16.6. The fourth-order valence-electron chi connectivity index (χ4n) is 2.24. The minimum Gasteiger partial charge on any atom is -0.445 e. The Hall–Kier alpha value is -1.84. The Morgan fingerprint density at radius 1 is 1.14 bits per heavy atom. The Labute approximate surface area is 126 Å². The zero-order chi connectivity index (χ0) is 15.8. The third kappa shape index (κ3) is 5.21. The molecule has 0 aliphatic rings. The molecule has 116 valence electrons. The van der Waals surface area contributed by atoms with E-state index in [0.717, 1.165) is 5.56 Å². The molecule has 4 heteroatoms. The minimum absolute atomic E-state index is 0.116. The Kier molecular flexibility index (Phi) is 6.92. The van der Waals surface area contributed by atoms with Crippen LogP contribution in [0.25, 0.3) is 0 Å². The second kappa shape index (κ2) is 8.45. The van der Waals surface area contributed by atoms with E-state index in [9.17, 15) is 9.59 Å². The molecule has 1 aromatic rings. The average Bonchev–Trinajstić information content (AvgIpc) is 2.51. The van der Waals surface area contributed by atoms with Gasteiger partial charge in [0.05, 0.1) is 12.0 Å². The molecular formula is C17H25NO3. The van der Waals surface area contributed by atoms with Crippen LogP contribution in [0.3, 0.4) is 0 Å². The first kappa shape index (κ1) is 17.2. The summed E-state index contributed by atoms with van der Waals surface area (Å²) >= 11 is 0. The molecule has 0 aromatic heterocycles. The van der Waals surface area contributed by atoms with Gasteiger partial charge in [-0.1, -0.05) is 51.1 Å². The molecule has 0 heterocycles. The first-order valence-electron chi connectivity index (χ1n) is 7.54. The summed E-state index contributed by atoms with van der Waals surface area (Å²) in [6, 6.07) is 9.55. The average molecular weight is 291 g/mol. The van der Waals surface area contributed by atoms with Gasteiger partial charge in [0.15, 0.2) is 0 Å². The Morgan fingerprint density at radius 2 is 1.76 bits per heavy atom. The molecule has 1 rings (SSSR count). The van der Waals surface area contributed by atoms with Gasteiger partial charge >= 0.3 is 6.09 Å². The van der Waals surface area contributed by atoms with Crippen LogP contribution in [0.1, 0.15) is 52.1 Å². The molecule has 0 unspecified atom stereocenters. The molecule has 4 nitrogen and oxygen atoms in total. The van der Waals surface area contributed by atoms with E-state index in [1.807, 2.05) is 58.0 Å². The molecule has 0 aliphatic carbocycles. The zero-order valence-corrected chi connectivity index (χ0v) is 13.3. The highest BCUT2D eigenvalue weighted by Crippen LogP contribution is 2.16. The molecule has 3 atom stereocenters. The molecule has 1 N–H and O–H groups in total. The van der Waals surface area contributed by atoms with Gasteiger partial charge in [0.1, 0.15) is 11.9 Å². The van der Waals surface area contributed by atoms with Crippen LogP contribution in [0.4, 0.5) is 4.79 Å². The van der Waals surface area contributed by atoms with E-state index in [1.165, 1.54) is 0 Å². The maximum absolute atomic E-state index is 12.0. The van der Waals surface area contributed by atoms with Crippen molar-refractivity contribution in [2.24, 2.45) is 5.92 Å². The lowest BCUT2D eigenvalue weighted by Crippen LogP contribution is -2.35. The highest BCUT2D eigenvalue weighted by molar-refractivity contribution is 5.81. The van der Waals surface area contributed by atoms with Crippen molar-refractivity contribution in [3.05, 3.63) is 35.9 Å². The fourth-order valence-corrected chi connectivity index (χ4v) is 2.24. The first-order chi connectivity index (χ1) is 9.99. The second-order valence-corrected chi connectivity index (χ2v) is 5.24. The van der Waals surface area contributed by atoms with Crippen LogP contribution in [0.2, 0.25) is 0 Å². The maximum atomic E-state index is 12.0. The van der Waals surface area contributed by atoms with E-state index >= 15 is 0 Å². The number of Topliss-reactive ketones (excluding diaryl/α,β-unsaturated/α-hetero) is 1. The van der Waals surface area contributed by atoms with E-state index in [4.69, 9.17) is 4.74 Å². The summed E-state index contributed by atoms with van der Waals surface area (Å²) < 4.78 is 5.41. The number of carbonyl (C=O) groups excluding carboxylic acids is 2. The molecule has 1 amide bonds. The van der Waals surface area contributed by atoms with Crippen molar-refractivity contribution in [2.75, 3.05) is 0 Å². The van der Waals surface area contributed by atoms with Gasteiger partial charge < -0.3 is 10.1 Å². The van der Waals surface area contributed by atoms with Gasteiger partial charge in [0, 0.05) is 6.42 Å². The molecule has 0 fully saturated rings. The molecule has 0 saturated heterocycles. The summed E-state index contributed by atoms with van der Waals surface area (Å²) in [5, 5.41) is 2.80. The standard InChI is InChI=1S/C17H25NO3/c1-5-15(19)12(3)16(6-2)21-17(20)18-13(4)14-10-8-7-9-11-14/h7-13,16H,5-6H2,1-4H3,(H,18,20)/t12-,13+,16+/m1/s1. The van der Waals surface area contributed by atoms with Crippen LogP contribution in [-0.2, 0) is 9.53 Å². The number of ether oxygens (including phenoxy) is 1. The predicted molar refractivity (Wildman–Crippen MR) is 83.0 cm³/mol. The van der Waals surface area contributed by atoms with E-state index < -0.39 is 6.09 Å². The first-order valence-corrected chi connectivity index (χ1v) is 7.54. The van der Waals surface area contributed by atoms with E-state index in [-0.39, 0.29) is 23.8 Å². The van der Waals surface area contributed by atoms with Gasteiger partial charge in [-0.05, 0) is 18.9 Å². The number of ketones is 1. The number of amides is 1. The number of hydrogen-bond acceptors (Lipinski definition) is 3. The van der Waals surface area contributed by atoms with Crippen molar-refractivity contribution in [2.45, 2.75) is 52.7 Å². The van der Waals surface area contributed by atoms with Crippen molar-refractivity contribution in [3.63, 3.8) is 0 Å². The molecule has 0 radical (unpaired) electrons. The highest BCUT2D eigenvalue weighted by Gasteiger charge is 2.25. The molecule has 0 spiro atoms. The number of carbonyl (C=O) groups is 2. The SMILES string of the molecule is CCC(=O)[C@@H](C)[C@H](CC)OC(=O)N[C@@H](C)c1ccccc1. The predicted octanol–water partition coefficient (Wildman–Crippen LogP) is 3.87. The smallest absolute Gasteiger partial charge is 0.407 e. The molecular weight excluding hydrogens is 266 g/mol. The van der Waals surface area contributed by atoms with Crippen LogP contribution >= 0.6 is 0 Å². The Bertz CT molecular complexity index is 458. The lowest BCUT2D eigenvalue weighted by molar-refractivity contribution is -0.125. The van der Waals surface area contributed by atoms with Crippen LogP contribution < -0.4 is 5.32 Å². The van der Waals surface area contributed by atoms with Crippen LogP contribution in [0.15, 0.2) is 30.3 Å². The third-order valence-electron chi connectivity index (χ3n) is 3.71. The fraction of sp³-hybridized carbons (Fsp3) is 0.529. The molecule has 0 aliphatic heterocycles. The summed E-state index contributed by atoms with van der Waals surface area (Å²) in [5.41, 5.74) is 1.01. The van der Waals surface area contributed by atoms with Crippen molar-refractivity contribution in [1.29, 1.82) is 0 Å². The van der Waals surface area contributed by atoms with Crippen LogP contribution in [0.5, 0.6) is 0 Å². The van der Waals surface area contributed by atoms with Crippen molar-refractivity contribution in [3.8, 4) is 0 Å². The minimum atomic E-state index is -0.478. The van der Waals surface area contributed by atoms with Crippen LogP contribution in [0, 0.1) is 5.92 Å². The molecule has 21 heavy (non-hydrogen) atoms. The largest absolute Gasteiger partial charge is 0.445 e. The van der Waals surface area contributed by atoms with E-state index in [0.29, 0.717) is 12.8 Å². The van der Waals surface area contributed by atoms with Gasteiger partial charge in [-0.15, -0.1) is 0 Å². The van der Waals surface area contributed by atoms with E-state index in [2.05, 4.69) is 5.32 Å². The normalized spacial score (nSPS) is 14.9. The second-order valence-electron chi connectivity index (χ2n) is 5.24. The summed E-state index contributed by atoms with van der Waals surface area (Å²) in [6.07, 6.45) is 0.234. The van der Waals surface area contributed by atoms with Crippen molar-refractivity contribution in [1.82, 2.24) is 5.32 Å². The number of nitrogens with one attached hydrogen (secondary N) is 1. The van der Waals surface area contributed by atoms with E-state index in [1.54, 1.807) is 0 Å². The summed E-state index contributed by atoms with van der Waals surface area (Å²) in [6.45, 7) is 7.45. The summed E-state index contributed by atoms with van der Waals surface area (Å²) in [5.74, 6) is -0.150. The number of benzene rings is 1. The quantitative estimate of drug-likeness (QED) is 0.829. The third-order valence-corrected chi connectivity index (χ3v) is 3.71. The van der Waals surface area contributed by atoms with Gasteiger partial charge in [-0.25, -0.2) is 4.79 Å². The lowest BCUT2D eigenvalue weighted by atomic mass is 9.96. The van der Waals surface area contributed by atoms with Gasteiger partial charge in [-0.3, -0.25) is 4.79 Å². The maximum Gasteiger partial charge on any atom is 0.407 e. The van der Waals surface area contributed by atoms with Gasteiger partial charge in [0.25, 0.3) is 0 Å². The molecule has 0 saturated carbocycles. The topological polar surface area (TPSA) is 55.4 Å². The van der Waals surface area contributed by atoms with Crippen molar-refractivity contribution >= 4 is 11.9 Å².